The number of thioether (sulfide) groups is 1. The van der Waals surface area contributed by atoms with Gasteiger partial charge in [0.15, 0.2) is 5.16 Å². The SMILES string of the molecule is Cc1ccc(C)c(NC(=O)C(C)Sc2nc3sc(C)c(-c4ccccc4)c3c(=O)n2-c2ccccc2)c1. The highest BCUT2D eigenvalue weighted by Gasteiger charge is 2.24. The number of nitrogens with zero attached hydrogens (tertiary/aromatic N) is 2. The van der Waals surface area contributed by atoms with Crippen molar-refractivity contribution in [3.05, 3.63) is 105 Å². The molecule has 1 atom stereocenters. The maximum Gasteiger partial charge on any atom is 0.268 e. The number of fused-ring (bicyclic) bond motifs is 1. The Labute approximate surface area is 224 Å². The molecule has 0 radical (unpaired) electrons. The van der Waals surface area contributed by atoms with Crippen molar-refractivity contribution in [3.8, 4) is 16.8 Å². The Morgan fingerprint density at radius 2 is 1.65 bits per heavy atom. The van der Waals surface area contributed by atoms with E-state index in [1.165, 1.54) is 23.1 Å². The number of anilines is 1. The third-order valence-corrected chi connectivity index (χ3v) is 8.30. The van der Waals surface area contributed by atoms with Gasteiger partial charge in [-0.05, 0) is 62.6 Å². The Bertz CT molecular complexity index is 1660. The fourth-order valence-electron chi connectivity index (χ4n) is 4.30. The normalized spacial score (nSPS) is 12.0. The average molecular weight is 526 g/mol. The highest BCUT2D eigenvalue weighted by molar-refractivity contribution is 8.00. The summed E-state index contributed by atoms with van der Waals surface area (Å²) < 4.78 is 1.63. The molecule has 0 aliphatic heterocycles. The van der Waals surface area contributed by atoms with Gasteiger partial charge in [0.25, 0.3) is 5.56 Å². The number of para-hydroxylation sites is 1. The van der Waals surface area contributed by atoms with Gasteiger partial charge < -0.3 is 5.32 Å². The number of nitrogens with one attached hydrogen (secondary N) is 1. The molecule has 1 unspecified atom stereocenters. The van der Waals surface area contributed by atoms with Crippen LogP contribution >= 0.6 is 23.1 Å². The molecule has 0 aliphatic rings. The number of rotatable bonds is 6. The van der Waals surface area contributed by atoms with Crippen LogP contribution in [0.15, 0.2) is 88.8 Å². The van der Waals surface area contributed by atoms with Gasteiger partial charge in [0.1, 0.15) is 4.83 Å². The van der Waals surface area contributed by atoms with Crippen LogP contribution in [0.5, 0.6) is 0 Å². The summed E-state index contributed by atoms with van der Waals surface area (Å²) in [5, 5.41) is 3.67. The van der Waals surface area contributed by atoms with Gasteiger partial charge >= 0.3 is 0 Å². The number of hydrogen-bond donors (Lipinski definition) is 1. The van der Waals surface area contributed by atoms with E-state index in [1.807, 2.05) is 107 Å². The Hall–Kier alpha value is -3.68. The van der Waals surface area contributed by atoms with Gasteiger partial charge in [-0.2, -0.15) is 0 Å². The van der Waals surface area contributed by atoms with Crippen LogP contribution in [0.25, 0.3) is 27.0 Å². The van der Waals surface area contributed by atoms with E-state index < -0.39 is 5.25 Å². The van der Waals surface area contributed by atoms with Crippen molar-refractivity contribution in [2.45, 2.75) is 38.1 Å². The molecular formula is C30H27N3O2S2. The highest BCUT2D eigenvalue weighted by Crippen LogP contribution is 2.37. The number of aryl methyl sites for hydroxylation is 3. The van der Waals surface area contributed by atoms with Crippen molar-refractivity contribution < 1.29 is 4.79 Å². The van der Waals surface area contributed by atoms with E-state index in [0.717, 1.165) is 38.5 Å². The highest BCUT2D eigenvalue weighted by atomic mass is 32.2. The van der Waals surface area contributed by atoms with Crippen molar-refractivity contribution in [2.24, 2.45) is 0 Å². The summed E-state index contributed by atoms with van der Waals surface area (Å²) >= 11 is 2.80. The molecule has 1 N–H and O–H groups in total. The van der Waals surface area contributed by atoms with Gasteiger partial charge in [-0.1, -0.05) is 72.4 Å². The number of aromatic nitrogens is 2. The minimum absolute atomic E-state index is 0.135. The molecule has 0 spiro atoms. The molecule has 7 heteroatoms. The lowest BCUT2D eigenvalue weighted by atomic mass is 10.0. The summed E-state index contributed by atoms with van der Waals surface area (Å²) in [5.74, 6) is -0.139. The number of carbonyl (C=O) groups excluding carboxylic acids is 1. The lowest BCUT2D eigenvalue weighted by Crippen LogP contribution is -2.26. The lowest BCUT2D eigenvalue weighted by molar-refractivity contribution is -0.115. The number of amides is 1. The maximum absolute atomic E-state index is 14.1. The van der Waals surface area contributed by atoms with Crippen LogP contribution in [0.2, 0.25) is 0 Å². The Morgan fingerprint density at radius 3 is 2.35 bits per heavy atom. The average Bonchev–Trinajstić information content (AvgIpc) is 3.23. The Kier molecular flexibility index (Phi) is 7.00. The van der Waals surface area contributed by atoms with E-state index in [0.29, 0.717) is 15.4 Å². The molecule has 2 aromatic heterocycles. The topological polar surface area (TPSA) is 64.0 Å². The summed E-state index contributed by atoms with van der Waals surface area (Å²) in [7, 11) is 0. The molecule has 0 saturated carbocycles. The molecule has 5 rings (SSSR count). The largest absolute Gasteiger partial charge is 0.325 e. The van der Waals surface area contributed by atoms with E-state index in [4.69, 9.17) is 4.98 Å². The smallest absolute Gasteiger partial charge is 0.268 e. The predicted octanol–water partition coefficient (Wildman–Crippen LogP) is 7.16. The number of thiophene rings is 1. The first-order valence-electron chi connectivity index (χ1n) is 12.0. The van der Waals surface area contributed by atoms with Crippen molar-refractivity contribution in [2.75, 3.05) is 5.32 Å². The third-order valence-electron chi connectivity index (χ3n) is 6.25. The molecule has 0 aliphatic carbocycles. The van der Waals surface area contributed by atoms with Crippen LogP contribution in [0, 0.1) is 20.8 Å². The van der Waals surface area contributed by atoms with E-state index in [2.05, 4.69) is 5.32 Å². The van der Waals surface area contributed by atoms with Gasteiger partial charge in [-0.15, -0.1) is 11.3 Å². The van der Waals surface area contributed by atoms with Gasteiger partial charge in [0.05, 0.1) is 16.3 Å². The molecule has 0 fully saturated rings. The third kappa shape index (κ3) is 4.97. The zero-order valence-corrected chi connectivity index (χ0v) is 22.7. The van der Waals surface area contributed by atoms with Crippen LogP contribution in [0.4, 0.5) is 5.69 Å². The van der Waals surface area contributed by atoms with Gasteiger partial charge in [0, 0.05) is 16.1 Å². The lowest BCUT2D eigenvalue weighted by Gasteiger charge is -2.17. The first-order valence-corrected chi connectivity index (χ1v) is 13.7. The number of carbonyl (C=O) groups is 1. The summed E-state index contributed by atoms with van der Waals surface area (Å²) in [5.41, 5.74) is 5.36. The monoisotopic (exact) mass is 525 g/mol. The minimum atomic E-state index is -0.478. The summed E-state index contributed by atoms with van der Waals surface area (Å²) in [6.07, 6.45) is 0. The van der Waals surface area contributed by atoms with E-state index >= 15 is 0 Å². The maximum atomic E-state index is 14.1. The number of hydrogen-bond acceptors (Lipinski definition) is 5. The van der Waals surface area contributed by atoms with Gasteiger partial charge in [-0.25, -0.2) is 4.98 Å². The van der Waals surface area contributed by atoms with Crippen molar-refractivity contribution in [1.29, 1.82) is 0 Å². The predicted molar refractivity (Wildman–Crippen MR) is 155 cm³/mol. The fraction of sp³-hybridized carbons (Fsp3) is 0.167. The van der Waals surface area contributed by atoms with Crippen molar-refractivity contribution >= 4 is 44.9 Å². The second-order valence-electron chi connectivity index (χ2n) is 9.02. The van der Waals surface area contributed by atoms with Crippen molar-refractivity contribution in [1.82, 2.24) is 9.55 Å². The molecule has 0 saturated heterocycles. The first kappa shape index (κ1) is 25.0. The minimum Gasteiger partial charge on any atom is -0.325 e. The molecule has 5 nitrogen and oxygen atoms in total. The molecule has 1 amide bonds. The quantitative estimate of drug-likeness (QED) is 0.189. The van der Waals surface area contributed by atoms with E-state index in [1.54, 1.807) is 4.57 Å². The van der Waals surface area contributed by atoms with Gasteiger partial charge in [0.2, 0.25) is 5.91 Å². The standard InChI is InChI=1S/C30H27N3O2S2/c1-18-15-16-19(2)24(17-18)31-27(34)21(4)37-30-32-28-26(29(35)33(30)23-13-9-6-10-14-23)25(20(3)36-28)22-11-7-5-8-12-22/h5-17,21H,1-4H3,(H,31,34). The first-order chi connectivity index (χ1) is 17.8. The van der Waals surface area contributed by atoms with Crippen LogP contribution in [-0.2, 0) is 4.79 Å². The fourth-order valence-corrected chi connectivity index (χ4v) is 6.31. The van der Waals surface area contributed by atoms with E-state index in [9.17, 15) is 9.59 Å². The molecule has 37 heavy (non-hydrogen) atoms. The molecular weight excluding hydrogens is 498 g/mol. The number of benzene rings is 3. The Balaban J connectivity index is 1.60. The molecule has 186 valence electrons. The van der Waals surface area contributed by atoms with E-state index in [-0.39, 0.29) is 11.5 Å². The van der Waals surface area contributed by atoms with Crippen LogP contribution in [0.1, 0.15) is 22.9 Å². The van der Waals surface area contributed by atoms with Crippen LogP contribution in [0.3, 0.4) is 0 Å². The molecule has 5 aromatic rings. The zero-order valence-electron chi connectivity index (χ0n) is 21.1. The molecule has 0 bridgehead atoms. The molecule has 3 aromatic carbocycles. The van der Waals surface area contributed by atoms with Crippen molar-refractivity contribution in [3.63, 3.8) is 0 Å². The Morgan fingerprint density at radius 1 is 0.973 bits per heavy atom. The summed E-state index contributed by atoms with van der Waals surface area (Å²) in [4.78, 5) is 33.9. The zero-order chi connectivity index (χ0) is 26.1. The molecule has 2 heterocycles. The van der Waals surface area contributed by atoms with Gasteiger partial charge in [-0.3, -0.25) is 14.2 Å². The second-order valence-corrected chi connectivity index (χ2v) is 11.5. The van der Waals surface area contributed by atoms with Crippen LogP contribution < -0.4 is 10.9 Å². The van der Waals surface area contributed by atoms with Crippen LogP contribution in [-0.4, -0.2) is 20.7 Å². The summed E-state index contributed by atoms with van der Waals surface area (Å²) in [6.45, 7) is 7.83. The second kappa shape index (κ2) is 10.4. The summed E-state index contributed by atoms with van der Waals surface area (Å²) in [6, 6.07) is 25.4.